The van der Waals surface area contributed by atoms with Gasteiger partial charge in [0.15, 0.2) is 5.78 Å². The molecule has 4 nitrogen and oxygen atoms in total. The molecule has 8 heteroatoms. The van der Waals surface area contributed by atoms with Crippen molar-refractivity contribution in [3.63, 3.8) is 0 Å². The van der Waals surface area contributed by atoms with Gasteiger partial charge in [0.25, 0.3) is 0 Å². The molecule has 1 N–H and O–H groups in total. The molecule has 0 aliphatic heterocycles. The van der Waals surface area contributed by atoms with Crippen molar-refractivity contribution in [2.45, 2.75) is 121 Å². The Morgan fingerprint density at radius 2 is 1.54 bits per heavy atom. The normalized spacial score (nSPS) is 12.9. The van der Waals surface area contributed by atoms with E-state index in [4.69, 9.17) is 4.98 Å². The summed E-state index contributed by atoms with van der Waals surface area (Å²) < 4.78 is 3.99. The molecule has 281 valence electrons. The van der Waals surface area contributed by atoms with Crippen molar-refractivity contribution in [3.05, 3.63) is 69.9 Å². The zero-order valence-corrected chi connectivity index (χ0v) is 37.8. The van der Waals surface area contributed by atoms with E-state index in [0.29, 0.717) is 5.92 Å². The number of nitrogens with zero attached hydrogens (tertiary/aromatic N) is 2. The molecule has 0 saturated heterocycles. The van der Waals surface area contributed by atoms with Gasteiger partial charge in [0, 0.05) is 62.4 Å². The fraction of sp³-hybridized carbons (Fsp3) is 0.477. The number of aliphatic hydroxyl groups is 1. The first kappa shape index (κ1) is 42.3. The molecule has 4 aromatic heterocycles. The molecule has 0 atom stereocenters. The van der Waals surface area contributed by atoms with Gasteiger partial charge in [-0.25, -0.2) is 4.98 Å². The summed E-state index contributed by atoms with van der Waals surface area (Å²) in [5.41, 5.74) is 4.27. The third-order valence-electron chi connectivity index (χ3n) is 11.2. The molecule has 0 fully saturated rings. The van der Waals surface area contributed by atoms with Crippen LogP contribution in [0.25, 0.3) is 51.7 Å². The zero-order valence-electron chi connectivity index (χ0n) is 33.0. The molecule has 0 spiro atoms. The molecule has 0 aliphatic carbocycles. The Hall–Kier alpha value is -2.48. The number of hydrogen-bond donors (Lipinski definition) is 1. The van der Waals surface area contributed by atoms with Crippen LogP contribution in [0.2, 0.25) is 0 Å². The molecule has 0 bridgehead atoms. The van der Waals surface area contributed by atoms with Gasteiger partial charge in [0.1, 0.15) is 16.9 Å². The van der Waals surface area contributed by atoms with Gasteiger partial charge in [0.05, 0.1) is 0 Å². The minimum atomic E-state index is -0.337. The predicted molar refractivity (Wildman–Crippen MR) is 225 cm³/mol. The van der Waals surface area contributed by atoms with Crippen LogP contribution < -0.4 is 0 Å². The number of hydrogen-bond acceptors (Lipinski definition) is 7. The SMILES string of the molecule is CCC(C)(CC)C(=O)/C=C(\O)C(C)(CC)CC.Cc1c(CC(C)C)sc2cc3sc4ncnc(-c5[c-]c6ccsc6c(C(C)(C)C)c5)c4c3cc12.[Ir]. The third kappa shape index (κ3) is 8.27. The number of carbonyl (C=O) groups is 1. The van der Waals surface area contributed by atoms with Crippen molar-refractivity contribution in [1.29, 1.82) is 0 Å². The molecule has 1 radical (unpaired) electrons. The molecule has 4 heterocycles. The third-order valence-corrected chi connectivity index (χ3v) is 14.4. The second-order valence-electron chi connectivity index (χ2n) is 16.0. The first-order valence-electron chi connectivity index (χ1n) is 18.5. The summed E-state index contributed by atoms with van der Waals surface area (Å²) >= 11 is 5.52. The number of ketones is 1. The number of benzene rings is 2. The van der Waals surface area contributed by atoms with Gasteiger partial charge in [-0.3, -0.25) is 9.78 Å². The Kier molecular flexibility index (Phi) is 13.4. The van der Waals surface area contributed by atoms with Gasteiger partial charge in [-0.15, -0.1) is 46.3 Å². The molecular weight excluding hydrogens is 877 g/mol. The van der Waals surface area contributed by atoms with Crippen molar-refractivity contribution in [1.82, 2.24) is 9.97 Å². The topological polar surface area (TPSA) is 63.1 Å². The second kappa shape index (κ2) is 16.5. The molecule has 0 saturated carbocycles. The fourth-order valence-corrected chi connectivity index (χ4v) is 10.2. The summed E-state index contributed by atoms with van der Waals surface area (Å²) in [6, 6.07) is 12.9. The van der Waals surface area contributed by atoms with Crippen LogP contribution in [0.5, 0.6) is 0 Å². The number of rotatable bonds is 10. The predicted octanol–water partition coefficient (Wildman–Crippen LogP) is 14.2. The summed E-state index contributed by atoms with van der Waals surface area (Å²) in [4.78, 5) is 24.3. The average Bonchev–Trinajstić information content (AvgIpc) is 3.80. The summed E-state index contributed by atoms with van der Waals surface area (Å²) in [6.45, 7) is 25.8. The number of fused-ring (bicyclic) bond motifs is 5. The number of aromatic nitrogens is 2. The molecule has 2 aromatic carbocycles. The van der Waals surface area contributed by atoms with E-state index in [2.05, 4.69) is 82.2 Å². The van der Waals surface area contributed by atoms with Crippen molar-refractivity contribution in [2.75, 3.05) is 0 Å². The average molecular weight is 932 g/mol. The minimum absolute atomic E-state index is 0. The molecular formula is C44H55IrN2O2S3-. The minimum Gasteiger partial charge on any atom is -0.512 e. The van der Waals surface area contributed by atoms with Crippen LogP contribution in [0.1, 0.15) is 118 Å². The van der Waals surface area contributed by atoms with E-state index in [0.717, 1.165) is 53.6 Å². The van der Waals surface area contributed by atoms with Crippen molar-refractivity contribution in [2.24, 2.45) is 16.7 Å². The monoisotopic (exact) mass is 932 g/mol. The van der Waals surface area contributed by atoms with Crippen LogP contribution in [0.4, 0.5) is 0 Å². The van der Waals surface area contributed by atoms with E-state index in [1.807, 2.05) is 52.9 Å². The van der Waals surface area contributed by atoms with Crippen molar-refractivity contribution in [3.8, 4) is 11.3 Å². The van der Waals surface area contributed by atoms with Gasteiger partial charge < -0.3 is 5.11 Å². The van der Waals surface area contributed by atoms with Crippen LogP contribution in [0, 0.1) is 29.7 Å². The van der Waals surface area contributed by atoms with Crippen molar-refractivity contribution < 1.29 is 30.0 Å². The van der Waals surface area contributed by atoms with Crippen LogP contribution in [-0.4, -0.2) is 20.9 Å². The van der Waals surface area contributed by atoms with Crippen molar-refractivity contribution >= 4 is 80.3 Å². The first-order chi connectivity index (χ1) is 24.0. The zero-order chi connectivity index (χ0) is 37.5. The van der Waals surface area contributed by atoms with Gasteiger partial charge in [-0.05, 0) is 88.9 Å². The summed E-state index contributed by atoms with van der Waals surface area (Å²) in [5.74, 6) is 0.946. The summed E-state index contributed by atoms with van der Waals surface area (Å²) in [5, 5.41) is 17.3. The standard InChI is InChI=1S/C29H27N2S3.C15H28O2.Ir/c1-15(2)9-22-16(3)19-12-20-24(13-23(19)33-22)34-28-25(20)26(30-14-31-28)18-10-17-7-8-32-27(17)21(11-18)29(4,5)6;1-7-14(5,8-2)12(16)11-13(17)15(6,9-3)10-4;/h7-8,11-15H,9H2,1-6H3;11,16H,7-10H2,1-6H3;/q-1;;/b;12-11-;. The van der Waals surface area contributed by atoms with E-state index in [1.165, 1.54) is 52.3 Å². The maximum atomic E-state index is 12.2. The molecule has 0 aliphatic rings. The molecule has 0 unspecified atom stereocenters. The molecule has 6 aromatic rings. The van der Waals surface area contributed by atoms with Gasteiger partial charge >= 0.3 is 0 Å². The number of thiophene rings is 3. The van der Waals surface area contributed by atoms with E-state index in [1.54, 1.807) is 29.0 Å². The Morgan fingerprint density at radius 3 is 2.13 bits per heavy atom. The summed E-state index contributed by atoms with van der Waals surface area (Å²) in [7, 11) is 0. The van der Waals surface area contributed by atoms with Gasteiger partial charge in [0.2, 0.25) is 0 Å². The molecule has 52 heavy (non-hydrogen) atoms. The maximum absolute atomic E-state index is 12.2. The first-order valence-corrected chi connectivity index (χ1v) is 21.0. The van der Waals surface area contributed by atoms with Crippen LogP contribution >= 0.6 is 34.0 Å². The van der Waals surface area contributed by atoms with Gasteiger partial charge in [-0.1, -0.05) is 87.3 Å². The van der Waals surface area contributed by atoms with E-state index in [9.17, 15) is 9.90 Å². The molecule has 6 rings (SSSR count). The smallest absolute Gasteiger partial charge is 0.164 e. The quantitative estimate of drug-likeness (QED) is 0.0844. The van der Waals surface area contributed by atoms with E-state index >= 15 is 0 Å². The largest absolute Gasteiger partial charge is 0.512 e. The summed E-state index contributed by atoms with van der Waals surface area (Å²) in [6.07, 6.45) is 7.60. The number of carbonyl (C=O) groups excluding carboxylic acids is 1. The van der Waals surface area contributed by atoms with E-state index in [-0.39, 0.29) is 47.9 Å². The van der Waals surface area contributed by atoms with Crippen LogP contribution in [0.3, 0.4) is 0 Å². The Balaban J connectivity index is 0.000000289. The molecule has 0 amide bonds. The van der Waals surface area contributed by atoms with Gasteiger partial charge in [-0.2, -0.15) is 11.3 Å². The number of aliphatic hydroxyl groups excluding tert-OH is 1. The second-order valence-corrected chi connectivity index (χ2v) is 19.1. The Morgan fingerprint density at radius 1 is 0.904 bits per heavy atom. The Labute approximate surface area is 336 Å². The van der Waals surface area contributed by atoms with Crippen LogP contribution in [-0.2, 0) is 36.7 Å². The van der Waals surface area contributed by atoms with E-state index < -0.39 is 0 Å². The fourth-order valence-electron chi connectivity index (χ4n) is 6.52. The maximum Gasteiger partial charge on any atom is 0.164 e. The number of aryl methyl sites for hydroxylation is 1. The Bertz CT molecular complexity index is 2220. The van der Waals surface area contributed by atoms with Crippen LogP contribution in [0.15, 0.2) is 47.8 Å². The number of allylic oxidation sites excluding steroid dienone is 2.